The van der Waals surface area contributed by atoms with Crippen LogP contribution in [0.4, 0.5) is 13.2 Å². The molecule has 0 saturated carbocycles. The first kappa shape index (κ1) is 24.2. The summed E-state index contributed by atoms with van der Waals surface area (Å²) in [5, 5.41) is 1.40. The van der Waals surface area contributed by atoms with Gasteiger partial charge in [0.25, 0.3) is 0 Å². The van der Waals surface area contributed by atoms with Crippen molar-refractivity contribution >= 4 is 24.3 Å². The van der Waals surface area contributed by atoms with Crippen molar-refractivity contribution in [1.82, 2.24) is 15.3 Å². The van der Waals surface area contributed by atoms with Gasteiger partial charge in [0.05, 0.1) is 20.2 Å². The molecular formula is C17H24ClF3N4O3. The average molecular weight is 425 g/mol. The van der Waals surface area contributed by atoms with Crippen LogP contribution in [0.25, 0.3) is 0 Å². The molecular weight excluding hydrogens is 401 g/mol. The fraction of sp³-hybridized carbons (Fsp3) is 0.529. The highest BCUT2D eigenvalue weighted by Gasteiger charge is 2.23. The third-order valence-corrected chi connectivity index (χ3v) is 4.26. The summed E-state index contributed by atoms with van der Waals surface area (Å²) in [6, 6.07) is 0.461. The molecule has 1 aliphatic heterocycles. The largest absolute Gasteiger partial charge is 0.468 e. The van der Waals surface area contributed by atoms with Crippen molar-refractivity contribution in [1.29, 1.82) is 0 Å². The summed E-state index contributed by atoms with van der Waals surface area (Å²) in [4.78, 5) is 25.6. The Bertz CT molecular complexity index is 696. The zero-order valence-corrected chi connectivity index (χ0v) is 16.2. The van der Waals surface area contributed by atoms with Crippen molar-refractivity contribution in [2.75, 3.05) is 39.8 Å². The molecule has 0 bridgehead atoms. The normalized spacial score (nSPS) is 16.1. The van der Waals surface area contributed by atoms with Crippen LogP contribution in [0, 0.1) is 17.5 Å². The minimum Gasteiger partial charge on any atom is -0.468 e. The molecule has 1 heterocycles. The molecule has 1 aromatic rings. The van der Waals surface area contributed by atoms with E-state index in [1.165, 1.54) is 12.1 Å². The Kier molecular flexibility index (Phi) is 9.66. The van der Waals surface area contributed by atoms with E-state index in [0.717, 1.165) is 6.07 Å². The van der Waals surface area contributed by atoms with Gasteiger partial charge in [0.1, 0.15) is 5.82 Å². The lowest BCUT2D eigenvalue weighted by atomic mass is 10.0. The quantitative estimate of drug-likeness (QED) is 0.514. The number of methoxy groups -OCH3 is 1. The SMILES string of the molecule is COC(=O)CN1CCNN(C(=O)C[C@H](N)Cc2cc(F)c(F)cc2F)CC1.Cl. The Labute approximate surface area is 167 Å². The van der Waals surface area contributed by atoms with Crippen LogP contribution in [0.1, 0.15) is 12.0 Å². The lowest BCUT2D eigenvalue weighted by Crippen LogP contribution is -2.46. The second-order valence-electron chi connectivity index (χ2n) is 6.33. The maximum Gasteiger partial charge on any atom is 0.319 e. The molecule has 0 radical (unpaired) electrons. The van der Waals surface area contributed by atoms with Gasteiger partial charge in [-0.25, -0.2) is 18.6 Å². The van der Waals surface area contributed by atoms with Crippen LogP contribution in [-0.4, -0.2) is 67.7 Å². The van der Waals surface area contributed by atoms with E-state index in [-0.39, 0.29) is 49.2 Å². The number of esters is 1. The van der Waals surface area contributed by atoms with E-state index in [1.807, 2.05) is 4.90 Å². The molecule has 3 N–H and O–H groups in total. The molecule has 1 aliphatic rings. The van der Waals surface area contributed by atoms with E-state index in [2.05, 4.69) is 10.2 Å². The van der Waals surface area contributed by atoms with E-state index < -0.39 is 23.5 Å². The third kappa shape index (κ3) is 6.93. The number of carbonyl (C=O) groups excluding carboxylic acids is 2. The average Bonchev–Trinajstić information content (AvgIpc) is 2.85. The number of hydrogen-bond acceptors (Lipinski definition) is 6. The first-order valence-corrected chi connectivity index (χ1v) is 8.52. The van der Waals surface area contributed by atoms with Crippen molar-refractivity contribution in [3.05, 3.63) is 35.1 Å². The third-order valence-electron chi connectivity index (χ3n) is 4.26. The van der Waals surface area contributed by atoms with E-state index in [9.17, 15) is 22.8 Å². The van der Waals surface area contributed by atoms with Crippen LogP contribution in [0.15, 0.2) is 12.1 Å². The minimum atomic E-state index is -1.27. The van der Waals surface area contributed by atoms with Gasteiger partial charge in [-0.15, -0.1) is 12.4 Å². The van der Waals surface area contributed by atoms with Gasteiger partial charge in [-0.05, 0) is 18.1 Å². The molecule has 0 aromatic heterocycles. The second-order valence-corrected chi connectivity index (χ2v) is 6.33. The summed E-state index contributed by atoms with van der Waals surface area (Å²) in [6.45, 7) is 1.96. The van der Waals surface area contributed by atoms with Gasteiger partial charge in [-0.1, -0.05) is 0 Å². The Morgan fingerprint density at radius 3 is 2.54 bits per heavy atom. The monoisotopic (exact) mass is 424 g/mol. The zero-order valence-electron chi connectivity index (χ0n) is 15.4. The topological polar surface area (TPSA) is 87.9 Å². The van der Waals surface area contributed by atoms with E-state index in [1.54, 1.807) is 0 Å². The summed E-state index contributed by atoms with van der Waals surface area (Å²) in [5.74, 6) is -3.99. The Morgan fingerprint density at radius 1 is 1.18 bits per heavy atom. The summed E-state index contributed by atoms with van der Waals surface area (Å²) in [7, 11) is 1.31. The van der Waals surface area contributed by atoms with Crippen molar-refractivity contribution < 1.29 is 27.5 Å². The number of hydrogen-bond donors (Lipinski definition) is 2. The summed E-state index contributed by atoms with van der Waals surface area (Å²) < 4.78 is 44.6. The molecule has 1 aromatic carbocycles. The fourth-order valence-electron chi connectivity index (χ4n) is 2.80. The smallest absolute Gasteiger partial charge is 0.319 e. The lowest BCUT2D eigenvalue weighted by molar-refractivity contribution is -0.141. The molecule has 11 heteroatoms. The second kappa shape index (κ2) is 11.2. The summed E-state index contributed by atoms with van der Waals surface area (Å²) in [6.07, 6.45) is -0.195. The maximum atomic E-state index is 13.7. The number of hydrazine groups is 1. The fourth-order valence-corrected chi connectivity index (χ4v) is 2.80. The lowest BCUT2D eigenvalue weighted by Gasteiger charge is -2.23. The molecule has 0 unspecified atom stereocenters. The highest BCUT2D eigenvalue weighted by molar-refractivity contribution is 5.85. The number of nitrogens with two attached hydrogens (primary N) is 1. The van der Waals surface area contributed by atoms with Gasteiger partial charge >= 0.3 is 5.97 Å². The number of carbonyl (C=O) groups is 2. The van der Waals surface area contributed by atoms with Gasteiger partial charge in [-0.3, -0.25) is 19.5 Å². The predicted octanol–water partition coefficient (Wildman–Crippen LogP) is 0.607. The minimum absolute atomic E-state index is 0. The van der Waals surface area contributed by atoms with Crippen LogP contribution in [0.2, 0.25) is 0 Å². The number of amides is 1. The van der Waals surface area contributed by atoms with Crippen LogP contribution in [-0.2, 0) is 20.7 Å². The molecule has 0 spiro atoms. The molecule has 1 amide bonds. The van der Waals surface area contributed by atoms with Crippen molar-refractivity contribution in [2.45, 2.75) is 18.9 Å². The van der Waals surface area contributed by atoms with Crippen LogP contribution in [0.3, 0.4) is 0 Å². The first-order chi connectivity index (χ1) is 12.8. The van der Waals surface area contributed by atoms with Crippen molar-refractivity contribution in [3.8, 4) is 0 Å². The molecule has 158 valence electrons. The van der Waals surface area contributed by atoms with Crippen LogP contribution >= 0.6 is 12.4 Å². The van der Waals surface area contributed by atoms with Crippen molar-refractivity contribution in [3.63, 3.8) is 0 Å². The summed E-state index contributed by atoms with van der Waals surface area (Å²) >= 11 is 0. The van der Waals surface area contributed by atoms with E-state index >= 15 is 0 Å². The summed E-state index contributed by atoms with van der Waals surface area (Å²) in [5.41, 5.74) is 8.76. The Morgan fingerprint density at radius 2 is 1.86 bits per heavy atom. The Balaban J connectivity index is 0.00000392. The maximum absolute atomic E-state index is 13.7. The molecule has 28 heavy (non-hydrogen) atoms. The number of ether oxygens (including phenoxy) is 1. The van der Waals surface area contributed by atoms with Gasteiger partial charge in [-0.2, -0.15) is 0 Å². The van der Waals surface area contributed by atoms with E-state index in [0.29, 0.717) is 32.2 Å². The zero-order chi connectivity index (χ0) is 20.0. The molecule has 7 nitrogen and oxygen atoms in total. The molecule has 0 aliphatic carbocycles. The predicted molar refractivity (Wildman–Crippen MR) is 98.0 cm³/mol. The standard InChI is InChI=1S/C17H23F3N4O3.ClH/c1-27-17(26)10-23-3-2-22-24(5-4-23)16(25)8-12(21)6-11-7-14(19)15(20)9-13(11)18;/h7,9,12,22H,2-6,8,10,21H2,1H3;1H/t12-;/m1./s1. The highest BCUT2D eigenvalue weighted by Crippen LogP contribution is 2.16. The van der Waals surface area contributed by atoms with Gasteiger partial charge in [0.2, 0.25) is 5.91 Å². The van der Waals surface area contributed by atoms with Gasteiger partial charge in [0, 0.05) is 38.2 Å². The number of nitrogens with zero attached hydrogens (tertiary/aromatic N) is 2. The number of nitrogens with one attached hydrogen (secondary N) is 1. The Hall–Kier alpha value is -1.88. The van der Waals surface area contributed by atoms with E-state index in [4.69, 9.17) is 5.73 Å². The van der Waals surface area contributed by atoms with Gasteiger partial charge in [0.15, 0.2) is 11.6 Å². The van der Waals surface area contributed by atoms with Crippen LogP contribution < -0.4 is 11.2 Å². The van der Waals surface area contributed by atoms with Gasteiger partial charge < -0.3 is 10.5 Å². The molecule has 1 saturated heterocycles. The highest BCUT2D eigenvalue weighted by atomic mass is 35.5. The number of benzene rings is 1. The molecule has 1 atom stereocenters. The van der Waals surface area contributed by atoms with Crippen molar-refractivity contribution in [2.24, 2.45) is 5.73 Å². The molecule has 2 rings (SSSR count). The van der Waals surface area contributed by atoms with Crippen LogP contribution in [0.5, 0.6) is 0 Å². The number of halogens is 4. The molecule has 1 fully saturated rings. The number of rotatable bonds is 6. The first-order valence-electron chi connectivity index (χ1n) is 8.52.